The van der Waals surface area contributed by atoms with E-state index in [-0.39, 0.29) is 5.91 Å². The van der Waals surface area contributed by atoms with E-state index in [1.807, 2.05) is 18.0 Å². The summed E-state index contributed by atoms with van der Waals surface area (Å²) < 4.78 is 5.28. The first-order valence-electron chi connectivity index (χ1n) is 7.65. The minimum absolute atomic E-state index is 0.167. The van der Waals surface area contributed by atoms with E-state index in [0.717, 1.165) is 37.4 Å². The van der Waals surface area contributed by atoms with Crippen LogP contribution in [0.15, 0.2) is 18.2 Å². The number of rotatable bonds is 6. The molecule has 0 aliphatic carbocycles. The first-order valence-corrected chi connectivity index (χ1v) is 8.03. The zero-order chi connectivity index (χ0) is 15.9. The fourth-order valence-electron chi connectivity index (χ4n) is 2.70. The summed E-state index contributed by atoms with van der Waals surface area (Å²) in [5.74, 6) is 0.893. The molecule has 1 saturated heterocycles. The molecule has 0 bridgehead atoms. The summed E-state index contributed by atoms with van der Waals surface area (Å²) in [6, 6.07) is 5.76. The van der Waals surface area contributed by atoms with Crippen LogP contribution >= 0.6 is 11.6 Å². The molecular formula is C16H24ClN3O2. The van der Waals surface area contributed by atoms with Gasteiger partial charge < -0.3 is 20.3 Å². The summed E-state index contributed by atoms with van der Waals surface area (Å²) in [5.41, 5.74) is 0.812. The van der Waals surface area contributed by atoms with Crippen molar-refractivity contribution in [2.75, 3.05) is 39.1 Å². The van der Waals surface area contributed by atoms with E-state index in [0.29, 0.717) is 24.0 Å². The topological polar surface area (TPSA) is 53.6 Å². The maximum absolute atomic E-state index is 12.3. The number of carbonyl (C=O) groups excluding carboxylic acids is 1. The van der Waals surface area contributed by atoms with Crippen molar-refractivity contribution in [3.63, 3.8) is 0 Å². The predicted molar refractivity (Wildman–Crippen MR) is 89.8 cm³/mol. The second-order valence-electron chi connectivity index (χ2n) is 5.51. The molecule has 1 fully saturated rings. The normalized spacial score (nSPS) is 15.4. The van der Waals surface area contributed by atoms with Crippen molar-refractivity contribution in [2.24, 2.45) is 0 Å². The Hall–Kier alpha value is -1.46. The number of amides is 1. The van der Waals surface area contributed by atoms with E-state index in [2.05, 4.69) is 10.6 Å². The van der Waals surface area contributed by atoms with Gasteiger partial charge >= 0.3 is 0 Å². The van der Waals surface area contributed by atoms with Gasteiger partial charge in [-0.2, -0.15) is 0 Å². The van der Waals surface area contributed by atoms with Gasteiger partial charge in [0.25, 0.3) is 0 Å². The molecule has 5 nitrogen and oxygen atoms in total. The van der Waals surface area contributed by atoms with Crippen LogP contribution in [0.5, 0.6) is 5.75 Å². The Kier molecular flexibility index (Phi) is 6.34. The molecule has 2 rings (SSSR count). The molecule has 0 saturated carbocycles. The number of nitrogens with one attached hydrogen (secondary N) is 2. The Balaban J connectivity index is 1.82. The number of anilines is 1. The van der Waals surface area contributed by atoms with Crippen LogP contribution in [0, 0.1) is 0 Å². The van der Waals surface area contributed by atoms with Gasteiger partial charge in [0.1, 0.15) is 5.75 Å². The summed E-state index contributed by atoms with van der Waals surface area (Å²) in [7, 11) is 3.52. The molecule has 22 heavy (non-hydrogen) atoms. The summed E-state index contributed by atoms with van der Waals surface area (Å²) >= 11 is 5.99. The molecule has 1 heterocycles. The van der Waals surface area contributed by atoms with Gasteiger partial charge in [-0.25, -0.2) is 0 Å². The zero-order valence-corrected chi connectivity index (χ0v) is 13.9. The second-order valence-corrected chi connectivity index (χ2v) is 5.94. The number of nitrogens with zero attached hydrogens (tertiary/aromatic N) is 1. The Bertz CT molecular complexity index is 504. The van der Waals surface area contributed by atoms with Crippen LogP contribution in [-0.2, 0) is 4.79 Å². The third-order valence-corrected chi connectivity index (χ3v) is 4.30. The molecule has 2 N–H and O–H groups in total. The van der Waals surface area contributed by atoms with Gasteiger partial charge in [-0.1, -0.05) is 11.6 Å². The molecule has 0 atom stereocenters. The lowest BCUT2D eigenvalue weighted by Gasteiger charge is -2.31. The van der Waals surface area contributed by atoms with Crippen molar-refractivity contribution in [3.05, 3.63) is 23.2 Å². The van der Waals surface area contributed by atoms with Crippen molar-refractivity contribution < 1.29 is 9.53 Å². The Labute approximate surface area is 137 Å². The summed E-state index contributed by atoms with van der Waals surface area (Å²) in [6.07, 6.45) is 2.51. The third kappa shape index (κ3) is 4.52. The van der Waals surface area contributed by atoms with Crippen LogP contribution in [0.25, 0.3) is 0 Å². The van der Waals surface area contributed by atoms with Gasteiger partial charge in [-0.05, 0) is 44.1 Å². The molecular weight excluding hydrogens is 302 g/mol. The van der Waals surface area contributed by atoms with E-state index in [1.54, 1.807) is 19.2 Å². The second kappa shape index (κ2) is 8.25. The average molecular weight is 326 g/mol. The number of hydrogen-bond acceptors (Lipinski definition) is 4. The van der Waals surface area contributed by atoms with E-state index in [4.69, 9.17) is 16.3 Å². The number of carbonyl (C=O) groups is 1. The zero-order valence-electron chi connectivity index (χ0n) is 13.2. The number of methoxy groups -OCH3 is 1. The molecule has 122 valence electrons. The van der Waals surface area contributed by atoms with E-state index in [1.165, 1.54) is 0 Å². The molecule has 0 radical (unpaired) electrons. The lowest BCUT2D eigenvalue weighted by molar-refractivity contribution is -0.132. The number of benzene rings is 1. The highest BCUT2D eigenvalue weighted by atomic mass is 35.5. The molecule has 0 spiro atoms. The lowest BCUT2D eigenvalue weighted by Crippen LogP contribution is -2.44. The summed E-state index contributed by atoms with van der Waals surface area (Å²) in [6.45, 7) is 2.53. The molecule has 6 heteroatoms. The largest absolute Gasteiger partial charge is 0.495 e. The van der Waals surface area contributed by atoms with E-state index < -0.39 is 0 Å². The molecule has 0 unspecified atom stereocenters. The third-order valence-electron chi connectivity index (χ3n) is 4.07. The fourth-order valence-corrected chi connectivity index (χ4v) is 2.87. The quantitative estimate of drug-likeness (QED) is 0.843. The van der Waals surface area contributed by atoms with Crippen LogP contribution in [0.4, 0.5) is 5.69 Å². The average Bonchev–Trinajstić information content (AvgIpc) is 2.55. The first kappa shape index (κ1) is 16.9. The molecule has 0 aromatic heterocycles. The predicted octanol–water partition coefficient (Wildman–Crippen LogP) is 2.36. The standard InChI is InChI=1S/C16H24ClN3O2/c1-20(13-5-8-18-9-6-13)16(21)7-10-19-14-11-12(17)3-4-15(14)22-2/h3-4,11,13,18-19H,5-10H2,1-2H3. The number of ether oxygens (including phenoxy) is 1. The number of halogens is 1. The molecule has 1 aromatic rings. The van der Waals surface area contributed by atoms with Crippen molar-refractivity contribution in [3.8, 4) is 5.75 Å². The van der Waals surface area contributed by atoms with Gasteiger partial charge in [-0.3, -0.25) is 4.79 Å². The highest BCUT2D eigenvalue weighted by molar-refractivity contribution is 6.30. The highest BCUT2D eigenvalue weighted by Crippen LogP contribution is 2.27. The van der Waals surface area contributed by atoms with E-state index >= 15 is 0 Å². The Morgan fingerprint density at radius 1 is 1.45 bits per heavy atom. The number of hydrogen-bond donors (Lipinski definition) is 2. The van der Waals surface area contributed by atoms with Crippen molar-refractivity contribution in [2.45, 2.75) is 25.3 Å². The smallest absolute Gasteiger partial charge is 0.224 e. The van der Waals surface area contributed by atoms with Gasteiger partial charge in [-0.15, -0.1) is 0 Å². The minimum atomic E-state index is 0.167. The van der Waals surface area contributed by atoms with Crippen molar-refractivity contribution in [1.82, 2.24) is 10.2 Å². The van der Waals surface area contributed by atoms with Crippen molar-refractivity contribution in [1.29, 1.82) is 0 Å². The van der Waals surface area contributed by atoms with Crippen LogP contribution in [0.2, 0.25) is 5.02 Å². The fraction of sp³-hybridized carbons (Fsp3) is 0.562. The lowest BCUT2D eigenvalue weighted by atomic mass is 10.1. The van der Waals surface area contributed by atoms with Crippen molar-refractivity contribution >= 4 is 23.2 Å². The minimum Gasteiger partial charge on any atom is -0.495 e. The SMILES string of the molecule is COc1ccc(Cl)cc1NCCC(=O)N(C)C1CCNCC1. The van der Waals surface area contributed by atoms with E-state index in [9.17, 15) is 4.79 Å². The molecule has 1 amide bonds. The van der Waals surface area contributed by atoms with Gasteiger partial charge in [0, 0.05) is 31.1 Å². The van der Waals surface area contributed by atoms with Crippen LogP contribution in [0.3, 0.4) is 0 Å². The monoisotopic (exact) mass is 325 g/mol. The maximum Gasteiger partial charge on any atom is 0.224 e. The Morgan fingerprint density at radius 3 is 2.86 bits per heavy atom. The molecule has 1 aromatic carbocycles. The van der Waals surface area contributed by atoms with Gasteiger partial charge in [0.05, 0.1) is 12.8 Å². The number of piperidine rings is 1. The highest BCUT2D eigenvalue weighted by Gasteiger charge is 2.21. The first-order chi connectivity index (χ1) is 10.6. The Morgan fingerprint density at radius 2 is 2.18 bits per heavy atom. The maximum atomic E-state index is 12.3. The van der Waals surface area contributed by atoms with Crippen LogP contribution < -0.4 is 15.4 Å². The summed E-state index contributed by atoms with van der Waals surface area (Å²) in [4.78, 5) is 14.1. The summed E-state index contributed by atoms with van der Waals surface area (Å²) in [5, 5.41) is 7.18. The molecule has 1 aliphatic heterocycles. The van der Waals surface area contributed by atoms with Gasteiger partial charge in [0.2, 0.25) is 5.91 Å². The van der Waals surface area contributed by atoms with Crippen LogP contribution in [-0.4, -0.2) is 50.6 Å². The molecule has 1 aliphatic rings. The van der Waals surface area contributed by atoms with Crippen LogP contribution in [0.1, 0.15) is 19.3 Å². The van der Waals surface area contributed by atoms with Gasteiger partial charge in [0.15, 0.2) is 0 Å².